The number of nitrogens with zero attached hydrogens (tertiary/aromatic N) is 1. The lowest BCUT2D eigenvalue weighted by molar-refractivity contribution is -0.135. The first kappa shape index (κ1) is 15.7. The first-order chi connectivity index (χ1) is 8.25. The number of rotatable bonds is 4. The van der Waals surface area contributed by atoms with Gasteiger partial charge in [0.2, 0.25) is 5.91 Å². The summed E-state index contributed by atoms with van der Waals surface area (Å²) >= 11 is 5.08. The summed E-state index contributed by atoms with van der Waals surface area (Å²) in [4.78, 5) is 15.3. The molecule has 0 aliphatic rings. The molecule has 1 aromatic heterocycles. The average molecular weight is 333 g/mol. The minimum atomic E-state index is -0.458. The van der Waals surface area contributed by atoms with E-state index in [1.54, 1.807) is 11.3 Å². The van der Waals surface area contributed by atoms with Gasteiger partial charge in [0.1, 0.15) is 0 Å². The van der Waals surface area contributed by atoms with Gasteiger partial charge in [-0.3, -0.25) is 4.79 Å². The topological polar surface area (TPSA) is 46.3 Å². The zero-order valence-corrected chi connectivity index (χ0v) is 13.8. The van der Waals surface area contributed by atoms with Crippen LogP contribution in [0.4, 0.5) is 0 Å². The molecule has 1 amide bonds. The van der Waals surface area contributed by atoms with Crippen molar-refractivity contribution in [2.24, 2.45) is 11.1 Å². The van der Waals surface area contributed by atoms with Crippen LogP contribution in [0.25, 0.3) is 0 Å². The standard InChI is InChI=1S/C13H21BrN2OS/c1-5-16(8-9-6-7-10(14)18-9)12(17)11(15)13(2,3)4/h6-7,11H,5,8,15H2,1-4H3/t11-/m1/s1. The van der Waals surface area contributed by atoms with E-state index in [1.807, 2.05) is 44.7 Å². The van der Waals surface area contributed by atoms with Crippen LogP contribution < -0.4 is 5.73 Å². The Bertz CT molecular complexity index is 411. The largest absolute Gasteiger partial charge is 0.336 e. The fraction of sp³-hybridized carbons (Fsp3) is 0.615. The van der Waals surface area contributed by atoms with Crippen molar-refractivity contribution in [1.29, 1.82) is 0 Å². The fourth-order valence-electron chi connectivity index (χ4n) is 1.54. The molecule has 1 heterocycles. The van der Waals surface area contributed by atoms with E-state index in [1.165, 1.54) is 0 Å². The highest BCUT2D eigenvalue weighted by molar-refractivity contribution is 9.11. The van der Waals surface area contributed by atoms with Gasteiger partial charge >= 0.3 is 0 Å². The number of thiophene rings is 1. The van der Waals surface area contributed by atoms with E-state index in [9.17, 15) is 4.79 Å². The predicted octanol–water partition coefficient (Wildman–Crippen LogP) is 3.23. The highest BCUT2D eigenvalue weighted by atomic mass is 79.9. The quantitative estimate of drug-likeness (QED) is 0.919. The van der Waals surface area contributed by atoms with Crippen LogP contribution >= 0.6 is 27.3 Å². The van der Waals surface area contributed by atoms with E-state index in [4.69, 9.17) is 5.73 Å². The summed E-state index contributed by atoms with van der Waals surface area (Å²) in [6.07, 6.45) is 0. The average Bonchev–Trinajstić information content (AvgIpc) is 2.68. The summed E-state index contributed by atoms with van der Waals surface area (Å²) in [7, 11) is 0. The minimum absolute atomic E-state index is 0.0227. The molecular formula is C13H21BrN2OS. The number of carbonyl (C=O) groups is 1. The van der Waals surface area contributed by atoms with E-state index in [0.29, 0.717) is 13.1 Å². The number of nitrogens with two attached hydrogens (primary N) is 1. The first-order valence-corrected chi connectivity index (χ1v) is 7.65. The van der Waals surface area contributed by atoms with Crippen molar-refractivity contribution in [2.75, 3.05) is 6.54 Å². The summed E-state index contributed by atoms with van der Waals surface area (Å²) in [5.41, 5.74) is 5.82. The van der Waals surface area contributed by atoms with Crippen molar-refractivity contribution in [3.8, 4) is 0 Å². The van der Waals surface area contributed by atoms with Gasteiger partial charge in [0.15, 0.2) is 0 Å². The maximum Gasteiger partial charge on any atom is 0.240 e. The number of hydrogen-bond acceptors (Lipinski definition) is 3. The Hall–Kier alpha value is -0.390. The normalized spacial score (nSPS) is 13.4. The second-order valence-corrected chi connectivity index (χ2v) is 7.95. The van der Waals surface area contributed by atoms with Gasteiger partial charge in [-0.25, -0.2) is 0 Å². The molecule has 0 aliphatic carbocycles. The van der Waals surface area contributed by atoms with Crippen LogP contribution in [0.2, 0.25) is 0 Å². The molecule has 1 rings (SSSR count). The van der Waals surface area contributed by atoms with Gasteiger partial charge in [-0.15, -0.1) is 11.3 Å². The maximum absolute atomic E-state index is 12.3. The third-order valence-electron chi connectivity index (χ3n) is 2.87. The van der Waals surface area contributed by atoms with Crippen molar-refractivity contribution in [3.05, 3.63) is 20.8 Å². The van der Waals surface area contributed by atoms with Gasteiger partial charge < -0.3 is 10.6 Å². The molecule has 2 N–H and O–H groups in total. The van der Waals surface area contributed by atoms with Crippen LogP contribution in [0, 0.1) is 5.41 Å². The molecular weight excluding hydrogens is 312 g/mol. The molecule has 0 saturated heterocycles. The van der Waals surface area contributed by atoms with Gasteiger partial charge in [-0.1, -0.05) is 20.8 Å². The highest BCUT2D eigenvalue weighted by Gasteiger charge is 2.30. The van der Waals surface area contributed by atoms with E-state index < -0.39 is 6.04 Å². The van der Waals surface area contributed by atoms with Crippen molar-refractivity contribution in [2.45, 2.75) is 40.3 Å². The molecule has 0 bridgehead atoms. The summed E-state index contributed by atoms with van der Waals surface area (Å²) in [6, 6.07) is 3.58. The first-order valence-electron chi connectivity index (χ1n) is 6.04. The molecule has 5 heteroatoms. The number of halogens is 1. The molecule has 0 aliphatic heterocycles. The van der Waals surface area contributed by atoms with Crippen molar-refractivity contribution < 1.29 is 4.79 Å². The zero-order valence-electron chi connectivity index (χ0n) is 11.4. The van der Waals surface area contributed by atoms with Gasteiger partial charge in [0, 0.05) is 11.4 Å². The molecule has 0 fully saturated rings. The molecule has 1 aromatic rings. The Balaban J connectivity index is 2.75. The van der Waals surface area contributed by atoms with Crippen LogP contribution in [0.3, 0.4) is 0 Å². The lowest BCUT2D eigenvalue weighted by Crippen LogP contribution is -2.50. The Morgan fingerprint density at radius 1 is 1.50 bits per heavy atom. The van der Waals surface area contributed by atoms with Gasteiger partial charge in [-0.2, -0.15) is 0 Å². The summed E-state index contributed by atoms with van der Waals surface area (Å²) in [5, 5.41) is 0. The van der Waals surface area contributed by atoms with Crippen molar-refractivity contribution in [3.63, 3.8) is 0 Å². The molecule has 1 atom stereocenters. The second kappa shape index (κ2) is 6.17. The molecule has 0 spiro atoms. The fourth-order valence-corrected chi connectivity index (χ4v) is 3.04. The molecule has 0 saturated carbocycles. The van der Waals surface area contributed by atoms with E-state index in [0.717, 1.165) is 8.66 Å². The number of hydrogen-bond donors (Lipinski definition) is 1. The monoisotopic (exact) mass is 332 g/mol. The third-order valence-corrected chi connectivity index (χ3v) is 4.48. The summed E-state index contributed by atoms with van der Waals surface area (Å²) < 4.78 is 1.08. The highest BCUT2D eigenvalue weighted by Crippen LogP contribution is 2.24. The van der Waals surface area contributed by atoms with E-state index in [2.05, 4.69) is 15.9 Å². The second-order valence-electron chi connectivity index (χ2n) is 5.40. The smallest absolute Gasteiger partial charge is 0.240 e. The minimum Gasteiger partial charge on any atom is -0.336 e. The molecule has 3 nitrogen and oxygen atoms in total. The Kier molecular flexibility index (Phi) is 5.37. The zero-order chi connectivity index (χ0) is 13.9. The van der Waals surface area contributed by atoms with Crippen molar-refractivity contribution in [1.82, 2.24) is 4.90 Å². The van der Waals surface area contributed by atoms with E-state index >= 15 is 0 Å². The summed E-state index contributed by atoms with van der Waals surface area (Å²) in [6.45, 7) is 9.27. The molecule has 0 unspecified atom stereocenters. The van der Waals surface area contributed by atoms with Crippen LogP contribution in [0.5, 0.6) is 0 Å². The van der Waals surface area contributed by atoms with Gasteiger partial charge in [0.25, 0.3) is 0 Å². The maximum atomic E-state index is 12.3. The van der Waals surface area contributed by atoms with Crippen LogP contribution in [0.15, 0.2) is 15.9 Å². The Morgan fingerprint density at radius 2 is 2.11 bits per heavy atom. The van der Waals surface area contributed by atoms with Gasteiger partial charge in [-0.05, 0) is 40.4 Å². The number of amides is 1. The van der Waals surface area contributed by atoms with Crippen LogP contribution in [-0.2, 0) is 11.3 Å². The Labute approximate surface area is 121 Å². The Morgan fingerprint density at radius 3 is 2.50 bits per heavy atom. The van der Waals surface area contributed by atoms with Crippen molar-refractivity contribution >= 4 is 33.2 Å². The lowest BCUT2D eigenvalue weighted by atomic mass is 9.86. The lowest BCUT2D eigenvalue weighted by Gasteiger charge is -2.31. The van der Waals surface area contributed by atoms with Crippen LogP contribution in [0.1, 0.15) is 32.6 Å². The van der Waals surface area contributed by atoms with Crippen LogP contribution in [-0.4, -0.2) is 23.4 Å². The number of likely N-dealkylation sites (N-methyl/N-ethyl adjacent to an activating group) is 1. The summed E-state index contributed by atoms with van der Waals surface area (Å²) in [5.74, 6) is 0.0227. The molecule has 18 heavy (non-hydrogen) atoms. The van der Waals surface area contributed by atoms with Gasteiger partial charge in [0.05, 0.1) is 16.4 Å². The number of carbonyl (C=O) groups excluding carboxylic acids is 1. The molecule has 0 aromatic carbocycles. The molecule has 0 radical (unpaired) electrons. The molecule has 102 valence electrons. The third kappa shape index (κ3) is 4.07. The SMILES string of the molecule is CCN(Cc1ccc(Br)s1)C(=O)[C@@H](N)C(C)(C)C. The predicted molar refractivity (Wildman–Crippen MR) is 80.5 cm³/mol. The van der Waals surface area contributed by atoms with E-state index in [-0.39, 0.29) is 11.3 Å².